The quantitative estimate of drug-likeness (QED) is 0.746. The van der Waals surface area contributed by atoms with Crippen LogP contribution >= 0.6 is 0 Å². The van der Waals surface area contributed by atoms with E-state index in [2.05, 4.69) is 20.5 Å². The van der Waals surface area contributed by atoms with E-state index in [1.807, 2.05) is 6.07 Å². The van der Waals surface area contributed by atoms with Gasteiger partial charge in [-0.05, 0) is 40.3 Å². The maximum atomic E-state index is 12.8. The van der Waals surface area contributed by atoms with E-state index in [-0.39, 0.29) is 5.69 Å². The van der Waals surface area contributed by atoms with Crippen molar-refractivity contribution in [2.45, 2.75) is 12.6 Å². The van der Waals surface area contributed by atoms with Gasteiger partial charge >= 0.3 is 6.18 Å². The van der Waals surface area contributed by atoms with Gasteiger partial charge in [-0.2, -0.15) is 17.9 Å². The minimum Gasteiger partial charge on any atom is -0.264 e. The van der Waals surface area contributed by atoms with E-state index >= 15 is 0 Å². The van der Waals surface area contributed by atoms with Gasteiger partial charge < -0.3 is 0 Å². The molecule has 3 rings (SSSR count). The minimum atomic E-state index is -4.41. The maximum Gasteiger partial charge on any atom is 0.416 e. The van der Waals surface area contributed by atoms with Crippen molar-refractivity contribution in [1.29, 1.82) is 0 Å². The lowest BCUT2D eigenvalue weighted by molar-refractivity contribution is -0.137. The van der Waals surface area contributed by atoms with Gasteiger partial charge in [-0.15, -0.1) is 5.10 Å². The number of hydrogen-bond acceptors (Lipinski definition) is 4. The van der Waals surface area contributed by atoms with Gasteiger partial charge in [0.05, 0.1) is 11.3 Å². The van der Waals surface area contributed by atoms with Crippen LogP contribution in [0, 0.1) is 0 Å². The van der Waals surface area contributed by atoms with Crippen LogP contribution in [0.1, 0.15) is 17.0 Å². The van der Waals surface area contributed by atoms with E-state index < -0.39 is 11.7 Å². The van der Waals surface area contributed by atoms with Crippen molar-refractivity contribution in [3.05, 3.63) is 65.7 Å². The smallest absolute Gasteiger partial charge is 0.264 e. The molecular formula is C14H10F3N5. The minimum absolute atomic E-state index is 0.263. The van der Waals surface area contributed by atoms with Crippen LogP contribution in [-0.2, 0) is 12.6 Å². The Labute approximate surface area is 123 Å². The van der Waals surface area contributed by atoms with Crippen molar-refractivity contribution in [3.8, 4) is 5.69 Å². The highest BCUT2D eigenvalue weighted by Gasteiger charge is 2.30. The lowest BCUT2D eigenvalue weighted by Gasteiger charge is -2.09. The zero-order valence-corrected chi connectivity index (χ0v) is 11.2. The molecule has 8 heteroatoms. The van der Waals surface area contributed by atoms with Crippen molar-refractivity contribution >= 4 is 0 Å². The zero-order valence-electron chi connectivity index (χ0n) is 11.2. The Morgan fingerprint density at radius 1 is 1.09 bits per heavy atom. The fourth-order valence-corrected chi connectivity index (χ4v) is 2.02. The number of hydrogen-bond donors (Lipinski definition) is 0. The first-order chi connectivity index (χ1) is 10.5. The molecule has 0 saturated carbocycles. The molecule has 0 aliphatic rings. The molecule has 0 spiro atoms. The number of alkyl halides is 3. The topological polar surface area (TPSA) is 56.5 Å². The van der Waals surface area contributed by atoms with Gasteiger partial charge in [0, 0.05) is 18.8 Å². The van der Waals surface area contributed by atoms with Gasteiger partial charge in [0.2, 0.25) is 0 Å². The predicted octanol–water partition coefficient (Wildman–Crippen LogP) is 2.67. The van der Waals surface area contributed by atoms with Crippen LogP contribution in [0.4, 0.5) is 13.2 Å². The Balaban J connectivity index is 1.95. The lowest BCUT2D eigenvalue weighted by Crippen LogP contribution is -2.08. The molecule has 0 aliphatic heterocycles. The molecule has 0 radical (unpaired) electrons. The largest absolute Gasteiger partial charge is 0.416 e. The first-order valence-electron chi connectivity index (χ1n) is 6.38. The third kappa shape index (κ3) is 2.95. The van der Waals surface area contributed by atoms with E-state index in [1.165, 1.54) is 16.8 Å². The van der Waals surface area contributed by atoms with Crippen molar-refractivity contribution in [3.63, 3.8) is 0 Å². The first-order valence-corrected chi connectivity index (χ1v) is 6.38. The molecular weight excluding hydrogens is 295 g/mol. The molecule has 1 aromatic carbocycles. The summed E-state index contributed by atoms with van der Waals surface area (Å²) >= 11 is 0. The molecule has 0 amide bonds. The van der Waals surface area contributed by atoms with E-state index in [4.69, 9.17) is 0 Å². The number of pyridine rings is 1. The van der Waals surface area contributed by atoms with Crippen LogP contribution in [0.2, 0.25) is 0 Å². The van der Waals surface area contributed by atoms with Gasteiger partial charge in [0.1, 0.15) is 0 Å². The molecule has 0 saturated heterocycles. The highest BCUT2D eigenvalue weighted by molar-refractivity contribution is 5.37. The Kier molecular flexibility index (Phi) is 3.58. The predicted molar refractivity (Wildman–Crippen MR) is 71.2 cm³/mol. The normalized spacial score (nSPS) is 11.6. The Bertz CT molecular complexity index is 767. The summed E-state index contributed by atoms with van der Waals surface area (Å²) in [7, 11) is 0. The van der Waals surface area contributed by atoms with Crippen LogP contribution in [-0.4, -0.2) is 25.2 Å². The standard InChI is InChI=1S/C14H10F3N5/c15-14(16,17)11-4-1-5-12(8-11)22-13(19-20-21-22)7-10-3-2-6-18-9-10/h1-6,8-9H,7H2. The van der Waals surface area contributed by atoms with Crippen LogP contribution in [0.15, 0.2) is 48.8 Å². The third-order valence-corrected chi connectivity index (χ3v) is 3.04. The van der Waals surface area contributed by atoms with Crippen LogP contribution in [0.3, 0.4) is 0 Å². The molecule has 22 heavy (non-hydrogen) atoms. The van der Waals surface area contributed by atoms with Crippen molar-refractivity contribution in [2.24, 2.45) is 0 Å². The first kappa shape index (κ1) is 14.2. The van der Waals surface area contributed by atoms with E-state index in [9.17, 15) is 13.2 Å². The third-order valence-electron chi connectivity index (χ3n) is 3.04. The van der Waals surface area contributed by atoms with Crippen molar-refractivity contribution < 1.29 is 13.2 Å². The SMILES string of the molecule is FC(F)(F)c1cccc(-n2nnnc2Cc2cccnc2)c1. The van der Waals surface area contributed by atoms with Gasteiger partial charge in [-0.3, -0.25) is 4.98 Å². The molecule has 2 aromatic heterocycles. The maximum absolute atomic E-state index is 12.8. The summed E-state index contributed by atoms with van der Waals surface area (Å²) in [4.78, 5) is 3.99. The second kappa shape index (κ2) is 5.55. The summed E-state index contributed by atoms with van der Waals surface area (Å²) in [6.45, 7) is 0. The van der Waals surface area contributed by atoms with Gasteiger partial charge in [-0.1, -0.05) is 12.1 Å². The summed E-state index contributed by atoms with van der Waals surface area (Å²) in [5, 5.41) is 11.2. The lowest BCUT2D eigenvalue weighted by atomic mass is 10.2. The number of nitrogens with zero attached hydrogens (tertiary/aromatic N) is 5. The average Bonchev–Trinajstić information content (AvgIpc) is 2.96. The molecule has 0 unspecified atom stereocenters. The van der Waals surface area contributed by atoms with Gasteiger partial charge in [-0.25, -0.2) is 0 Å². The van der Waals surface area contributed by atoms with Crippen LogP contribution in [0.5, 0.6) is 0 Å². The molecule has 0 N–H and O–H groups in total. The van der Waals surface area contributed by atoms with E-state index in [0.717, 1.165) is 17.7 Å². The molecule has 0 bridgehead atoms. The second-order valence-corrected chi connectivity index (χ2v) is 4.59. The Morgan fingerprint density at radius 3 is 2.68 bits per heavy atom. The number of tetrazole rings is 1. The number of rotatable bonds is 3. The van der Waals surface area contributed by atoms with Gasteiger partial charge in [0.15, 0.2) is 5.82 Å². The van der Waals surface area contributed by atoms with E-state index in [1.54, 1.807) is 18.5 Å². The Hall–Kier alpha value is -2.77. The summed E-state index contributed by atoms with van der Waals surface area (Å²) in [5.41, 5.74) is 0.386. The monoisotopic (exact) mass is 305 g/mol. The molecule has 2 heterocycles. The highest BCUT2D eigenvalue weighted by atomic mass is 19.4. The summed E-state index contributed by atoms with van der Waals surface area (Å²) < 4.78 is 39.7. The van der Waals surface area contributed by atoms with Crippen molar-refractivity contribution in [1.82, 2.24) is 25.2 Å². The summed E-state index contributed by atoms with van der Waals surface area (Å²) in [6.07, 6.45) is -0.741. The van der Waals surface area contributed by atoms with Gasteiger partial charge in [0.25, 0.3) is 0 Å². The van der Waals surface area contributed by atoms with Crippen LogP contribution in [0.25, 0.3) is 5.69 Å². The molecule has 3 aromatic rings. The Morgan fingerprint density at radius 2 is 1.95 bits per heavy atom. The molecule has 5 nitrogen and oxygen atoms in total. The molecule has 0 fully saturated rings. The summed E-state index contributed by atoms with van der Waals surface area (Å²) in [6, 6.07) is 8.50. The number of benzene rings is 1. The average molecular weight is 305 g/mol. The van der Waals surface area contributed by atoms with E-state index in [0.29, 0.717) is 12.2 Å². The zero-order chi connectivity index (χ0) is 15.6. The second-order valence-electron chi connectivity index (χ2n) is 4.59. The highest BCUT2D eigenvalue weighted by Crippen LogP contribution is 2.30. The van der Waals surface area contributed by atoms with Crippen molar-refractivity contribution in [2.75, 3.05) is 0 Å². The number of aromatic nitrogens is 5. The fraction of sp³-hybridized carbons (Fsp3) is 0.143. The summed E-state index contributed by atoms with van der Waals surface area (Å²) in [5.74, 6) is 0.437. The van der Waals surface area contributed by atoms with Crippen LogP contribution < -0.4 is 0 Å². The molecule has 0 atom stereocenters. The fourth-order valence-electron chi connectivity index (χ4n) is 2.02. The molecule has 0 aliphatic carbocycles. The molecule has 112 valence electrons. The number of halogens is 3.